The first-order valence-corrected chi connectivity index (χ1v) is 10.0. The lowest BCUT2D eigenvalue weighted by Gasteiger charge is -2.09. The van der Waals surface area contributed by atoms with Gasteiger partial charge in [0.05, 0.1) is 30.7 Å². The number of carbonyl (C=O) groups excluding carboxylic acids is 3. The molecule has 0 radical (unpaired) electrons. The Morgan fingerprint density at radius 3 is 2.10 bits per heavy atom. The van der Waals surface area contributed by atoms with Crippen molar-refractivity contribution in [2.45, 2.75) is 11.8 Å². The van der Waals surface area contributed by atoms with E-state index in [2.05, 4.69) is 20.1 Å². The average molecular weight is 419 g/mol. The number of nitrogens with one attached hydrogen (secondary N) is 3. The molecule has 0 unspecified atom stereocenters. The lowest BCUT2D eigenvalue weighted by Crippen LogP contribution is -2.40. The van der Waals surface area contributed by atoms with Crippen LogP contribution in [0.4, 0.5) is 5.69 Å². The molecule has 154 valence electrons. The van der Waals surface area contributed by atoms with E-state index in [1.54, 1.807) is 12.1 Å². The van der Waals surface area contributed by atoms with Gasteiger partial charge >= 0.3 is 5.97 Å². The molecule has 0 saturated carbocycles. The van der Waals surface area contributed by atoms with Crippen LogP contribution in [0.2, 0.25) is 0 Å². The molecule has 0 aromatic heterocycles. The predicted octanol–water partition coefficient (Wildman–Crippen LogP) is 0.815. The highest BCUT2D eigenvalue weighted by Gasteiger charge is 2.15. The minimum absolute atomic E-state index is 0.0454. The van der Waals surface area contributed by atoms with Crippen LogP contribution in [0.25, 0.3) is 0 Å². The Bertz CT molecular complexity index is 986. The maximum absolute atomic E-state index is 12.1. The van der Waals surface area contributed by atoms with Crippen molar-refractivity contribution in [1.29, 1.82) is 0 Å². The first-order chi connectivity index (χ1) is 13.7. The van der Waals surface area contributed by atoms with Gasteiger partial charge in [-0.3, -0.25) is 9.59 Å². The lowest BCUT2D eigenvalue weighted by atomic mass is 10.2. The Kier molecular flexibility index (Phi) is 7.46. The minimum atomic E-state index is -3.82. The Balaban J connectivity index is 1.79. The summed E-state index contributed by atoms with van der Waals surface area (Å²) in [5.41, 5.74) is 1.67. The van der Waals surface area contributed by atoms with Crippen LogP contribution in [-0.2, 0) is 24.3 Å². The largest absolute Gasteiger partial charge is 0.465 e. The van der Waals surface area contributed by atoms with Gasteiger partial charge in [-0.1, -0.05) is 17.7 Å². The average Bonchev–Trinajstić information content (AvgIpc) is 2.71. The van der Waals surface area contributed by atoms with Crippen LogP contribution in [0.15, 0.2) is 53.4 Å². The lowest BCUT2D eigenvalue weighted by molar-refractivity contribution is -0.123. The number of amides is 2. The summed E-state index contributed by atoms with van der Waals surface area (Å²) in [5.74, 6) is -1.66. The van der Waals surface area contributed by atoms with Crippen LogP contribution in [0.5, 0.6) is 0 Å². The zero-order valence-electron chi connectivity index (χ0n) is 15.9. The molecule has 0 aliphatic carbocycles. The number of hydrogen-bond donors (Lipinski definition) is 3. The topological polar surface area (TPSA) is 131 Å². The van der Waals surface area contributed by atoms with Crippen molar-refractivity contribution < 1.29 is 27.5 Å². The molecule has 10 heteroatoms. The molecule has 2 amide bonds. The molecular formula is C19H21N3O6S. The van der Waals surface area contributed by atoms with Gasteiger partial charge in [0, 0.05) is 5.69 Å². The summed E-state index contributed by atoms with van der Waals surface area (Å²) in [5, 5.41) is 4.86. The van der Waals surface area contributed by atoms with Gasteiger partial charge in [-0.15, -0.1) is 0 Å². The summed E-state index contributed by atoms with van der Waals surface area (Å²) in [6, 6.07) is 12.2. The standard InChI is InChI=1S/C19H21N3O6S/c1-13-3-9-16(10-4-13)29(26,27)21-12-17(23)20-11-18(24)22-15-7-5-14(6-8-15)19(25)28-2/h3-10,21H,11-12H2,1-2H3,(H,20,23)(H,22,24). The molecule has 2 aromatic carbocycles. The number of esters is 1. The van der Waals surface area contributed by atoms with Gasteiger partial charge in [-0.2, -0.15) is 0 Å². The second-order valence-corrected chi connectivity index (χ2v) is 7.80. The van der Waals surface area contributed by atoms with E-state index in [4.69, 9.17) is 0 Å². The van der Waals surface area contributed by atoms with E-state index in [9.17, 15) is 22.8 Å². The Morgan fingerprint density at radius 2 is 1.52 bits per heavy atom. The highest BCUT2D eigenvalue weighted by Crippen LogP contribution is 2.10. The van der Waals surface area contributed by atoms with E-state index in [-0.39, 0.29) is 11.4 Å². The summed E-state index contributed by atoms with van der Waals surface area (Å²) in [6.45, 7) is 0.983. The number of benzene rings is 2. The van der Waals surface area contributed by atoms with Crippen molar-refractivity contribution in [3.05, 3.63) is 59.7 Å². The zero-order valence-corrected chi connectivity index (χ0v) is 16.7. The third-order valence-electron chi connectivity index (χ3n) is 3.79. The van der Waals surface area contributed by atoms with Gasteiger partial charge in [-0.05, 0) is 43.3 Å². The molecule has 29 heavy (non-hydrogen) atoms. The van der Waals surface area contributed by atoms with Gasteiger partial charge in [0.25, 0.3) is 0 Å². The molecular weight excluding hydrogens is 398 g/mol. The predicted molar refractivity (Wildman–Crippen MR) is 106 cm³/mol. The summed E-state index contributed by atoms with van der Waals surface area (Å²) < 4.78 is 31.0. The fourth-order valence-electron chi connectivity index (χ4n) is 2.22. The monoisotopic (exact) mass is 419 g/mol. The fourth-order valence-corrected chi connectivity index (χ4v) is 3.20. The highest BCUT2D eigenvalue weighted by atomic mass is 32.2. The van der Waals surface area contributed by atoms with Crippen LogP contribution in [0, 0.1) is 6.92 Å². The number of methoxy groups -OCH3 is 1. The van der Waals surface area contributed by atoms with Gasteiger partial charge < -0.3 is 15.4 Å². The number of hydrogen-bond acceptors (Lipinski definition) is 6. The van der Waals surface area contributed by atoms with Crippen LogP contribution >= 0.6 is 0 Å². The molecule has 0 aliphatic heterocycles. The van der Waals surface area contributed by atoms with Crippen molar-refractivity contribution in [1.82, 2.24) is 10.0 Å². The molecule has 0 fully saturated rings. The Labute approximate surface area is 168 Å². The second-order valence-electron chi connectivity index (χ2n) is 6.03. The zero-order chi connectivity index (χ0) is 21.4. The third-order valence-corrected chi connectivity index (χ3v) is 5.21. The Morgan fingerprint density at radius 1 is 0.897 bits per heavy atom. The molecule has 0 saturated heterocycles. The van der Waals surface area contributed by atoms with Gasteiger partial charge in [0.2, 0.25) is 21.8 Å². The van der Waals surface area contributed by atoms with Crippen molar-refractivity contribution in [3.8, 4) is 0 Å². The molecule has 2 rings (SSSR count). The minimum Gasteiger partial charge on any atom is -0.465 e. The molecule has 0 spiro atoms. The highest BCUT2D eigenvalue weighted by molar-refractivity contribution is 7.89. The molecule has 9 nitrogen and oxygen atoms in total. The fraction of sp³-hybridized carbons (Fsp3) is 0.211. The van der Waals surface area contributed by atoms with E-state index >= 15 is 0 Å². The summed E-state index contributed by atoms with van der Waals surface area (Å²) in [7, 11) is -2.56. The van der Waals surface area contributed by atoms with Crippen LogP contribution in [0.1, 0.15) is 15.9 Å². The second kappa shape index (κ2) is 9.80. The quantitative estimate of drug-likeness (QED) is 0.543. The number of aryl methyl sites for hydroxylation is 1. The van der Waals surface area contributed by atoms with Crippen molar-refractivity contribution in [2.24, 2.45) is 0 Å². The molecule has 2 aromatic rings. The number of sulfonamides is 1. The van der Waals surface area contributed by atoms with Gasteiger partial charge in [0.1, 0.15) is 0 Å². The summed E-state index contributed by atoms with van der Waals surface area (Å²) in [4.78, 5) is 35.1. The van der Waals surface area contributed by atoms with Crippen molar-refractivity contribution >= 4 is 33.5 Å². The molecule has 0 aliphatic rings. The molecule has 0 atom stereocenters. The van der Waals surface area contributed by atoms with E-state index in [1.807, 2.05) is 6.92 Å². The van der Waals surface area contributed by atoms with E-state index in [1.165, 1.54) is 43.5 Å². The maximum Gasteiger partial charge on any atom is 0.337 e. The molecule has 3 N–H and O–H groups in total. The van der Waals surface area contributed by atoms with Gasteiger partial charge in [-0.25, -0.2) is 17.9 Å². The number of anilines is 1. The van der Waals surface area contributed by atoms with E-state index in [0.29, 0.717) is 11.3 Å². The maximum atomic E-state index is 12.1. The number of rotatable bonds is 8. The summed E-state index contributed by atoms with van der Waals surface area (Å²) >= 11 is 0. The summed E-state index contributed by atoms with van der Waals surface area (Å²) in [6.07, 6.45) is 0. The van der Waals surface area contributed by atoms with Crippen LogP contribution in [0.3, 0.4) is 0 Å². The number of ether oxygens (including phenoxy) is 1. The van der Waals surface area contributed by atoms with Gasteiger partial charge in [0.15, 0.2) is 0 Å². The Hall–Kier alpha value is -3.24. The van der Waals surface area contributed by atoms with E-state index < -0.39 is 34.4 Å². The molecule has 0 heterocycles. The van der Waals surface area contributed by atoms with E-state index in [0.717, 1.165) is 5.56 Å². The first kappa shape index (κ1) is 22.1. The smallest absolute Gasteiger partial charge is 0.337 e. The first-order valence-electron chi connectivity index (χ1n) is 8.52. The third kappa shape index (κ3) is 6.70. The van der Waals surface area contributed by atoms with Crippen LogP contribution < -0.4 is 15.4 Å². The van der Waals surface area contributed by atoms with Crippen molar-refractivity contribution in [2.75, 3.05) is 25.5 Å². The van der Waals surface area contributed by atoms with Crippen LogP contribution in [-0.4, -0.2) is 46.4 Å². The normalized spacial score (nSPS) is 10.8. The molecule has 0 bridgehead atoms. The number of carbonyl (C=O) groups is 3. The van der Waals surface area contributed by atoms with Crippen molar-refractivity contribution in [3.63, 3.8) is 0 Å². The SMILES string of the molecule is COC(=O)c1ccc(NC(=O)CNC(=O)CNS(=O)(=O)c2ccc(C)cc2)cc1.